The predicted octanol–water partition coefficient (Wildman–Crippen LogP) is 4.47. The lowest BCUT2D eigenvalue weighted by molar-refractivity contribution is 0.0937. The van der Waals surface area contributed by atoms with Gasteiger partial charge in [-0.1, -0.05) is 30.3 Å². The first-order chi connectivity index (χ1) is 11.7. The van der Waals surface area contributed by atoms with E-state index in [-0.39, 0.29) is 11.9 Å². The monoisotopic (exact) mass is 354 g/mol. The quantitative estimate of drug-likeness (QED) is 0.754. The summed E-state index contributed by atoms with van der Waals surface area (Å²) in [5.74, 6) is 0.0113. The van der Waals surface area contributed by atoms with E-state index in [1.165, 1.54) is 22.5 Å². The highest BCUT2D eigenvalue weighted by Gasteiger charge is 2.23. The molecular formula is C19H18N2OS2. The largest absolute Gasteiger partial charge is 0.348 e. The Morgan fingerprint density at radius 3 is 2.83 bits per heavy atom. The third-order valence-corrected chi connectivity index (χ3v) is 6.61. The molecule has 3 aromatic rings. The van der Waals surface area contributed by atoms with Crippen molar-refractivity contribution >= 4 is 28.6 Å². The molecule has 4 rings (SSSR count). The highest BCUT2D eigenvalue weighted by molar-refractivity contribution is 7.22. The SMILES string of the molecule is Cc1nc(-c2cccs2)sc1C(=O)NC1CCc2ccccc2C1. The number of thiophene rings is 1. The van der Waals surface area contributed by atoms with Gasteiger partial charge in [-0.25, -0.2) is 4.98 Å². The summed E-state index contributed by atoms with van der Waals surface area (Å²) in [4.78, 5) is 19.1. The fourth-order valence-electron chi connectivity index (χ4n) is 3.18. The number of nitrogens with one attached hydrogen (secondary N) is 1. The summed E-state index contributed by atoms with van der Waals surface area (Å²) >= 11 is 3.14. The van der Waals surface area contributed by atoms with Crippen LogP contribution in [0.1, 0.15) is 32.9 Å². The number of thiazole rings is 1. The van der Waals surface area contributed by atoms with Crippen LogP contribution in [0.4, 0.5) is 0 Å². The molecule has 3 nitrogen and oxygen atoms in total. The molecule has 1 atom stereocenters. The topological polar surface area (TPSA) is 42.0 Å². The second kappa shape index (κ2) is 6.49. The molecule has 24 heavy (non-hydrogen) atoms. The van der Waals surface area contributed by atoms with Crippen molar-refractivity contribution in [1.82, 2.24) is 10.3 Å². The van der Waals surface area contributed by atoms with E-state index in [0.717, 1.165) is 39.7 Å². The van der Waals surface area contributed by atoms with Crippen LogP contribution in [0.2, 0.25) is 0 Å². The number of aromatic nitrogens is 1. The molecule has 0 saturated carbocycles. The van der Waals surface area contributed by atoms with Gasteiger partial charge in [-0.15, -0.1) is 22.7 Å². The number of carbonyl (C=O) groups is 1. The van der Waals surface area contributed by atoms with Crippen LogP contribution in [0.5, 0.6) is 0 Å². The Bertz CT molecular complexity index is 867. The molecule has 1 N–H and O–H groups in total. The number of fused-ring (bicyclic) bond motifs is 1. The van der Waals surface area contributed by atoms with Gasteiger partial charge in [-0.2, -0.15) is 0 Å². The lowest BCUT2D eigenvalue weighted by atomic mass is 9.88. The normalized spacial score (nSPS) is 16.6. The molecule has 2 heterocycles. The number of rotatable bonds is 3. The summed E-state index contributed by atoms with van der Waals surface area (Å²) in [7, 11) is 0. The molecule has 1 aromatic carbocycles. The minimum atomic E-state index is 0.0113. The van der Waals surface area contributed by atoms with Crippen molar-refractivity contribution in [2.75, 3.05) is 0 Å². The minimum absolute atomic E-state index is 0.0113. The van der Waals surface area contributed by atoms with Gasteiger partial charge < -0.3 is 5.32 Å². The van der Waals surface area contributed by atoms with Crippen LogP contribution in [0.25, 0.3) is 9.88 Å². The number of amides is 1. The Morgan fingerprint density at radius 2 is 2.04 bits per heavy atom. The maximum absolute atomic E-state index is 12.7. The first kappa shape index (κ1) is 15.5. The predicted molar refractivity (Wildman–Crippen MR) is 99.9 cm³/mol. The van der Waals surface area contributed by atoms with E-state index in [1.807, 2.05) is 24.4 Å². The summed E-state index contributed by atoms with van der Waals surface area (Å²) in [5, 5.41) is 6.18. The van der Waals surface area contributed by atoms with Crippen molar-refractivity contribution in [3.8, 4) is 9.88 Å². The fraction of sp³-hybridized carbons (Fsp3) is 0.263. The fourth-order valence-corrected chi connectivity index (χ4v) is 4.95. The van der Waals surface area contributed by atoms with Gasteiger partial charge in [0.25, 0.3) is 5.91 Å². The van der Waals surface area contributed by atoms with Gasteiger partial charge in [0, 0.05) is 6.04 Å². The van der Waals surface area contributed by atoms with Gasteiger partial charge in [0.2, 0.25) is 0 Å². The van der Waals surface area contributed by atoms with Crippen molar-refractivity contribution in [2.24, 2.45) is 0 Å². The Kier molecular flexibility index (Phi) is 4.21. The van der Waals surface area contributed by atoms with Gasteiger partial charge >= 0.3 is 0 Å². The second-order valence-corrected chi connectivity index (χ2v) is 8.04. The maximum atomic E-state index is 12.7. The Hall–Kier alpha value is -1.98. The summed E-state index contributed by atoms with van der Waals surface area (Å²) in [6.45, 7) is 1.92. The average molecular weight is 355 g/mol. The first-order valence-corrected chi connectivity index (χ1v) is 9.79. The summed E-state index contributed by atoms with van der Waals surface area (Å²) in [6.07, 6.45) is 2.94. The first-order valence-electron chi connectivity index (χ1n) is 8.09. The molecular weight excluding hydrogens is 336 g/mol. The van der Waals surface area contributed by atoms with Gasteiger partial charge in [-0.05, 0) is 48.8 Å². The maximum Gasteiger partial charge on any atom is 0.263 e. The number of aryl methyl sites for hydroxylation is 2. The summed E-state index contributed by atoms with van der Waals surface area (Å²) in [6, 6.07) is 12.8. The van der Waals surface area contributed by atoms with E-state index in [0.29, 0.717) is 0 Å². The molecule has 122 valence electrons. The van der Waals surface area contributed by atoms with Gasteiger partial charge in [0.15, 0.2) is 0 Å². The summed E-state index contributed by atoms with van der Waals surface area (Å²) in [5.41, 5.74) is 3.59. The van der Waals surface area contributed by atoms with E-state index < -0.39 is 0 Å². The highest BCUT2D eigenvalue weighted by Crippen LogP contribution is 2.31. The van der Waals surface area contributed by atoms with Crippen molar-refractivity contribution in [3.05, 3.63) is 63.5 Å². The van der Waals surface area contributed by atoms with E-state index in [2.05, 4.69) is 34.6 Å². The van der Waals surface area contributed by atoms with Crippen LogP contribution >= 0.6 is 22.7 Å². The zero-order valence-corrected chi connectivity index (χ0v) is 15.0. The zero-order valence-electron chi connectivity index (χ0n) is 13.4. The molecule has 0 bridgehead atoms. The Morgan fingerprint density at radius 1 is 1.21 bits per heavy atom. The molecule has 5 heteroatoms. The number of hydrogen-bond acceptors (Lipinski definition) is 4. The molecule has 1 amide bonds. The van der Waals surface area contributed by atoms with Crippen LogP contribution in [-0.2, 0) is 12.8 Å². The average Bonchev–Trinajstić information content (AvgIpc) is 3.24. The van der Waals surface area contributed by atoms with Crippen molar-refractivity contribution < 1.29 is 4.79 Å². The van der Waals surface area contributed by atoms with Crippen LogP contribution in [0.3, 0.4) is 0 Å². The van der Waals surface area contributed by atoms with E-state index in [4.69, 9.17) is 0 Å². The highest BCUT2D eigenvalue weighted by atomic mass is 32.1. The number of benzene rings is 1. The molecule has 0 fully saturated rings. The van der Waals surface area contributed by atoms with Crippen molar-refractivity contribution in [1.29, 1.82) is 0 Å². The molecule has 0 saturated heterocycles. The second-order valence-electron chi connectivity index (χ2n) is 6.09. The molecule has 1 unspecified atom stereocenters. The number of carbonyl (C=O) groups excluding carboxylic acids is 1. The minimum Gasteiger partial charge on any atom is -0.348 e. The van der Waals surface area contributed by atoms with Crippen LogP contribution in [-0.4, -0.2) is 16.9 Å². The van der Waals surface area contributed by atoms with E-state index >= 15 is 0 Å². The third kappa shape index (κ3) is 3.01. The van der Waals surface area contributed by atoms with Crippen molar-refractivity contribution in [3.63, 3.8) is 0 Å². The molecule has 2 aromatic heterocycles. The zero-order chi connectivity index (χ0) is 16.5. The van der Waals surface area contributed by atoms with Crippen LogP contribution in [0.15, 0.2) is 41.8 Å². The molecule has 0 radical (unpaired) electrons. The van der Waals surface area contributed by atoms with Gasteiger partial charge in [0.1, 0.15) is 9.88 Å². The third-order valence-electron chi connectivity index (χ3n) is 4.42. The van der Waals surface area contributed by atoms with Gasteiger partial charge in [0.05, 0.1) is 10.6 Å². The molecule has 1 aliphatic rings. The standard InChI is InChI=1S/C19H18N2OS2/c1-12-17(24-19(20-12)16-7-4-10-23-16)18(22)21-15-9-8-13-5-2-3-6-14(13)11-15/h2-7,10,15H,8-9,11H2,1H3,(H,21,22). The van der Waals surface area contributed by atoms with Crippen molar-refractivity contribution in [2.45, 2.75) is 32.2 Å². The van der Waals surface area contributed by atoms with Gasteiger partial charge in [-0.3, -0.25) is 4.79 Å². The molecule has 1 aliphatic carbocycles. The van der Waals surface area contributed by atoms with Crippen LogP contribution < -0.4 is 5.32 Å². The van der Waals surface area contributed by atoms with E-state index in [1.54, 1.807) is 11.3 Å². The lowest BCUT2D eigenvalue weighted by Gasteiger charge is -2.25. The molecule has 0 spiro atoms. The Labute approximate surface area is 149 Å². The van der Waals surface area contributed by atoms with Crippen LogP contribution in [0, 0.1) is 6.92 Å². The summed E-state index contributed by atoms with van der Waals surface area (Å²) < 4.78 is 0. The smallest absolute Gasteiger partial charge is 0.263 e. The molecule has 0 aliphatic heterocycles. The number of nitrogens with zero attached hydrogens (tertiary/aromatic N) is 1. The van der Waals surface area contributed by atoms with E-state index in [9.17, 15) is 4.79 Å². The Balaban J connectivity index is 1.49. The lowest BCUT2D eigenvalue weighted by Crippen LogP contribution is -2.38. The number of hydrogen-bond donors (Lipinski definition) is 1.